The number of nitrogens with zero attached hydrogens (tertiary/aromatic N) is 3. The molecule has 0 aliphatic rings. The first-order chi connectivity index (χ1) is 14.1. The number of nitrogens with one attached hydrogen (secondary N) is 1. The third kappa shape index (κ3) is 4.33. The fraction of sp³-hybridized carbons (Fsp3) is 0.143. The minimum absolute atomic E-state index is 0.151. The van der Waals surface area contributed by atoms with Gasteiger partial charge in [-0.3, -0.25) is 14.2 Å². The summed E-state index contributed by atoms with van der Waals surface area (Å²) in [5.74, 6) is -0.176. The number of aromatic nitrogens is 3. The Morgan fingerprint density at radius 1 is 1.17 bits per heavy atom. The molecule has 1 N–H and O–H groups in total. The summed E-state index contributed by atoms with van der Waals surface area (Å²) in [5.41, 5.74) is 2.09. The smallest absolute Gasteiger partial charge is 0.263 e. The molecule has 0 saturated heterocycles. The van der Waals surface area contributed by atoms with E-state index < -0.39 is 0 Å². The van der Waals surface area contributed by atoms with Gasteiger partial charge < -0.3 is 5.32 Å². The lowest BCUT2D eigenvalue weighted by Crippen LogP contribution is -2.30. The summed E-state index contributed by atoms with van der Waals surface area (Å²) in [6.07, 6.45) is 1.52. The van der Waals surface area contributed by atoms with Crippen molar-refractivity contribution in [1.29, 1.82) is 0 Å². The first-order valence-corrected chi connectivity index (χ1v) is 10.7. The van der Waals surface area contributed by atoms with Gasteiger partial charge in [-0.25, -0.2) is 9.97 Å². The molecule has 0 radical (unpaired) electrons. The number of rotatable bonds is 6. The van der Waals surface area contributed by atoms with Crippen LogP contribution in [0.2, 0.25) is 0 Å². The molecular formula is C21H18N4O2S2. The van der Waals surface area contributed by atoms with E-state index in [0.29, 0.717) is 29.4 Å². The van der Waals surface area contributed by atoms with Crippen LogP contribution in [0.4, 0.5) is 0 Å². The molecule has 0 spiro atoms. The Morgan fingerprint density at radius 2 is 2.00 bits per heavy atom. The number of benzene rings is 1. The second kappa shape index (κ2) is 8.50. The van der Waals surface area contributed by atoms with E-state index >= 15 is 0 Å². The van der Waals surface area contributed by atoms with Crippen LogP contribution in [0.3, 0.4) is 0 Å². The van der Waals surface area contributed by atoms with Crippen molar-refractivity contribution in [3.8, 4) is 21.1 Å². The van der Waals surface area contributed by atoms with Gasteiger partial charge in [0.1, 0.15) is 9.88 Å². The van der Waals surface area contributed by atoms with Crippen molar-refractivity contribution in [1.82, 2.24) is 19.9 Å². The van der Waals surface area contributed by atoms with Gasteiger partial charge in [-0.2, -0.15) is 0 Å². The summed E-state index contributed by atoms with van der Waals surface area (Å²) >= 11 is 2.98. The number of thiazole rings is 1. The third-order valence-electron chi connectivity index (χ3n) is 4.32. The first-order valence-electron chi connectivity index (χ1n) is 9.03. The van der Waals surface area contributed by atoms with Crippen molar-refractivity contribution in [3.05, 3.63) is 81.2 Å². The molecule has 4 aromatic rings. The lowest BCUT2D eigenvalue weighted by atomic mass is 10.1. The summed E-state index contributed by atoms with van der Waals surface area (Å²) in [7, 11) is 0. The summed E-state index contributed by atoms with van der Waals surface area (Å²) in [6.45, 7) is 2.51. The lowest BCUT2D eigenvalue weighted by molar-refractivity contribution is 0.0955. The van der Waals surface area contributed by atoms with Crippen molar-refractivity contribution in [2.75, 3.05) is 6.54 Å². The van der Waals surface area contributed by atoms with Crippen molar-refractivity contribution in [2.24, 2.45) is 0 Å². The predicted molar refractivity (Wildman–Crippen MR) is 116 cm³/mol. The highest BCUT2D eigenvalue weighted by Crippen LogP contribution is 2.30. The highest BCUT2D eigenvalue weighted by molar-refractivity contribution is 7.22. The van der Waals surface area contributed by atoms with Crippen LogP contribution in [0.5, 0.6) is 0 Å². The van der Waals surface area contributed by atoms with Gasteiger partial charge in [0.05, 0.1) is 22.6 Å². The maximum absolute atomic E-state index is 12.5. The lowest BCUT2D eigenvalue weighted by Gasteiger charge is -2.08. The predicted octanol–water partition coefficient (Wildman–Crippen LogP) is 3.83. The van der Waals surface area contributed by atoms with Gasteiger partial charge >= 0.3 is 0 Å². The summed E-state index contributed by atoms with van der Waals surface area (Å²) in [5, 5.41) is 5.70. The number of carbonyl (C=O) groups is 1. The molecule has 0 saturated carbocycles. The van der Waals surface area contributed by atoms with Crippen LogP contribution in [-0.4, -0.2) is 27.0 Å². The molecule has 146 valence electrons. The van der Waals surface area contributed by atoms with Crippen LogP contribution in [0.25, 0.3) is 21.1 Å². The van der Waals surface area contributed by atoms with Crippen LogP contribution in [0.1, 0.15) is 15.4 Å². The second-order valence-corrected chi connectivity index (χ2v) is 8.29. The van der Waals surface area contributed by atoms with Gasteiger partial charge in [-0.05, 0) is 18.4 Å². The van der Waals surface area contributed by atoms with E-state index in [-0.39, 0.29) is 11.5 Å². The number of carbonyl (C=O) groups excluding carboxylic acids is 1. The Hall–Kier alpha value is -3.10. The molecule has 6 nitrogen and oxygen atoms in total. The second-order valence-electron chi connectivity index (χ2n) is 6.34. The molecule has 8 heteroatoms. The van der Waals surface area contributed by atoms with Gasteiger partial charge in [0, 0.05) is 24.7 Å². The zero-order chi connectivity index (χ0) is 20.2. The van der Waals surface area contributed by atoms with Gasteiger partial charge in [-0.15, -0.1) is 22.7 Å². The van der Waals surface area contributed by atoms with E-state index in [0.717, 1.165) is 15.4 Å². The number of hydrogen-bond acceptors (Lipinski definition) is 6. The summed E-state index contributed by atoms with van der Waals surface area (Å²) < 4.78 is 1.49. The van der Waals surface area contributed by atoms with Gasteiger partial charge in [0.2, 0.25) is 0 Å². The third-order valence-corrected chi connectivity index (χ3v) is 6.52. The minimum Gasteiger partial charge on any atom is -0.349 e. The molecule has 0 atom stereocenters. The molecule has 0 bridgehead atoms. The Balaban J connectivity index is 1.39. The number of amides is 1. The highest BCUT2D eigenvalue weighted by Gasteiger charge is 2.16. The zero-order valence-corrected chi connectivity index (χ0v) is 17.3. The maximum Gasteiger partial charge on any atom is 0.263 e. The molecule has 29 heavy (non-hydrogen) atoms. The van der Waals surface area contributed by atoms with Crippen molar-refractivity contribution in [2.45, 2.75) is 13.5 Å². The topological polar surface area (TPSA) is 76.9 Å². The largest absolute Gasteiger partial charge is 0.349 e. The molecule has 0 aliphatic heterocycles. The van der Waals surface area contributed by atoms with Crippen LogP contribution >= 0.6 is 22.7 Å². The van der Waals surface area contributed by atoms with Gasteiger partial charge in [0.15, 0.2) is 0 Å². The standard InChI is InChI=1S/C21H18N4O2S2/c1-14-19(29-21(24-14)17-8-5-11-28-17)20(27)22-9-10-25-13-23-16(12-18(25)26)15-6-3-2-4-7-15/h2-8,11-13H,9-10H2,1H3,(H,22,27). The van der Waals surface area contributed by atoms with E-state index in [2.05, 4.69) is 15.3 Å². The Kier molecular flexibility index (Phi) is 5.64. The van der Waals surface area contributed by atoms with Gasteiger partial charge in [-0.1, -0.05) is 36.4 Å². The molecule has 4 rings (SSSR count). The van der Waals surface area contributed by atoms with E-state index in [1.165, 1.54) is 28.3 Å². The molecule has 0 fully saturated rings. The Bertz CT molecular complexity index is 1180. The maximum atomic E-state index is 12.5. The van der Waals surface area contributed by atoms with Gasteiger partial charge in [0.25, 0.3) is 11.5 Å². The van der Waals surface area contributed by atoms with E-state index in [9.17, 15) is 9.59 Å². The van der Waals surface area contributed by atoms with E-state index in [1.54, 1.807) is 11.3 Å². The first kappa shape index (κ1) is 19.2. The van der Waals surface area contributed by atoms with Crippen molar-refractivity contribution < 1.29 is 4.79 Å². The molecule has 1 aromatic carbocycles. The highest BCUT2D eigenvalue weighted by atomic mass is 32.1. The SMILES string of the molecule is Cc1nc(-c2cccs2)sc1C(=O)NCCn1cnc(-c2ccccc2)cc1=O. The summed E-state index contributed by atoms with van der Waals surface area (Å²) in [4.78, 5) is 35.4. The Labute approximate surface area is 175 Å². The molecule has 3 aromatic heterocycles. The van der Waals surface area contributed by atoms with Crippen molar-refractivity contribution in [3.63, 3.8) is 0 Å². The molecule has 0 unspecified atom stereocenters. The zero-order valence-electron chi connectivity index (χ0n) is 15.7. The van der Waals surface area contributed by atoms with E-state index in [1.807, 2.05) is 54.8 Å². The quantitative estimate of drug-likeness (QED) is 0.512. The van der Waals surface area contributed by atoms with Crippen LogP contribution in [-0.2, 0) is 6.54 Å². The fourth-order valence-electron chi connectivity index (χ4n) is 2.84. The van der Waals surface area contributed by atoms with Crippen LogP contribution < -0.4 is 10.9 Å². The molecule has 1 amide bonds. The minimum atomic E-state index is -0.176. The molecule has 3 heterocycles. The van der Waals surface area contributed by atoms with Crippen molar-refractivity contribution >= 4 is 28.6 Å². The fourth-order valence-corrected chi connectivity index (χ4v) is 4.62. The van der Waals surface area contributed by atoms with E-state index in [4.69, 9.17) is 0 Å². The Morgan fingerprint density at radius 3 is 2.72 bits per heavy atom. The average Bonchev–Trinajstić information content (AvgIpc) is 3.39. The van der Waals surface area contributed by atoms with Crippen LogP contribution in [0, 0.1) is 6.92 Å². The number of thiophene rings is 1. The van der Waals surface area contributed by atoms with Crippen LogP contribution in [0.15, 0.2) is 65.0 Å². The number of aryl methyl sites for hydroxylation is 1. The number of hydrogen-bond donors (Lipinski definition) is 1. The molecular weight excluding hydrogens is 404 g/mol. The normalized spacial score (nSPS) is 10.8. The average molecular weight is 423 g/mol. The monoisotopic (exact) mass is 422 g/mol. The molecule has 0 aliphatic carbocycles. The summed E-state index contributed by atoms with van der Waals surface area (Å²) in [6, 6.07) is 15.0.